The Morgan fingerprint density at radius 2 is 1.49 bits per heavy atom. The van der Waals surface area contributed by atoms with Gasteiger partial charge in [0.15, 0.2) is 0 Å². The van der Waals surface area contributed by atoms with Gasteiger partial charge in [0.25, 0.3) is 0 Å². The first-order chi connectivity index (χ1) is 22.3. The van der Waals surface area contributed by atoms with E-state index in [4.69, 9.17) is 4.99 Å². The van der Waals surface area contributed by atoms with Crippen molar-refractivity contribution in [2.45, 2.75) is 47.3 Å². The number of amidine groups is 1. The third kappa shape index (κ3) is 7.09. The monoisotopic (exact) mass is 682 g/mol. The largest absolute Gasteiger partial charge is 0.416 e. The molecule has 14 heteroatoms. The summed E-state index contributed by atoms with van der Waals surface area (Å²) in [5, 5.41) is 2.32. The van der Waals surface area contributed by atoms with Crippen molar-refractivity contribution in [3.63, 3.8) is 0 Å². The standard InChI is InChI=1S/C33H29F3N4O5S2/c34-33(35,36)25-12-7-13-26(19-25)46(42,43)39-27(18-21-14-16-22(17-15-21)28-20-29(41)40-47(28,44)45)32-37-30(23-8-3-1-4-9-23)31(38-32)24-10-5-2-6-11-24/h1-17,19,27-28,30-31,39H,18,20H2,(H,37,38)(H,40,41)/t27?,28?,30-,31-/m1/s1. The van der Waals surface area contributed by atoms with Gasteiger partial charge in [-0.3, -0.25) is 14.5 Å². The Kier molecular flexibility index (Phi) is 8.68. The lowest BCUT2D eigenvalue weighted by Crippen LogP contribution is -2.47. The lowest BCUT2D eigenvalue weighted by atomic mass is 9.95. The molecule has 2 heterocycles. The van der Waals surface area contributed by atoms with E-state index in [2.05, 4.69) is 10.0 Å². The maximum absolute atomic E-state index is 13.6. The molecule has 4 aromatic rings. The van der Waals surface area contributed by atoms with E-state index in [-0.39, 0.29) is 24.7 Å². The molecule has 0 saturated carbocycles. The topological polar surface area (TPSA) is 134 Å². The van der Waals surface area contributed by atoms with Crippen LogP contribution in [-0.4, -0.2) is 34.6 Å². The summed E-state index contributed by atoms with van der Waals surface area (Å²) in [6.45, 7) is 0. The fourth-order valence-electron chi connectivity index (χ4n) is 5.77. The van der Waals surface area contributed by atoms with E-state index in [0.29, 0.717) is 17.2 Å². The van der Waals surface area contributed by atoms with Gasteiger partial charge >= 0.3 is 6.18 Å². The lowest BCUT2D eigenvalue weighted by Gasteiger charge is -2.23. The average Bonchev–Trinajstić information content (AvgIpc) is 3.61. The van der Waals surface area contributed by atoms with Gasteiger partial charge in [0, 0.05) is 0 Å². The number of hydrogen-bond acceptors (Lipinski definition) is 7. The third-order valence-electron chi connectivity index (χ3n) is 8.09. The zero-order chi connectivity index (χ0) is 33.4. The van der Waals surface area contributed by atoms with Crippen LogP contribution in [0.1, 0.15) is 51.6 Å². The van der Waals surface area contributed by atoms with Crippen molar-refractivity contribution < 1.29 is 34.8 Å². The van der Waals surface area contributed by atoms with Gasteiger partial charge in [-0.2, -0.15) is 13.2 Å². The summed E-state index contributed by atoms with van der Waals surface area (Å²) in [4.78, 5) is 16.1. The number of benzene rings is 4. The number of nitrogens with one attached hydrogen (secondary N) is 3. The van der Waals surface area contributed by atoms with Gasteiger partial charge in [0.05, 0.1) is 29.0 Å². The Morgan fingerprint density at radius 3 is 2.09 bits per heavy atom. The fourth-order valence-corrected chi connectivity index (χ4v) is 8.45. The van der Waals surface area contributed by atoms with E-state index < -0.39 is 59.9 Å². The van der Waals surface area contributed by atoms with Crippen molar-refractivity contribution in [1.82, 2.24) is 14.8 Å². The van der Waals surface area contributed by atoms with E-state index in [1.807, 2.05) is 65.4 Å². The summed E-state index contributed by atoms with van der Waals surface area (Å²) in [7, 11) is -8.38. The van der Waals surface area contributed by atoms with E-state index in [0.717, 1.165) is 29.3 Å². The minimum Gasteiger partial charge on any atom is -0.363 e. The number of alkyl halides is 3. The zero-order valence-electron chi connectivity index (χ0n) is 24.6. The SMILES string of the molecule is O=C1CC(c2ccc(CC(NS(=O)(=O)c3cccc(C(F)(F)F)c3)C3=N[C@H](c4ccccc4)[C@@H](c4ccccc4)N3)cc2)S(=O)(=O)N1. The molecule has 1 saturated heterocycles. The van der Waals surface area contributed by atoms with Crippen LogP contribution in [0.5, 0.6) is 0 Å². The Balaban J connectivity index is 1.37. The summed E-state index contributed by atoms with van der Waals surface area (Å²) < 4.78 is 97.0. The van der Waals surface area contributed by atoms with Crippen molar-refractivity contribution >= 4 is 31.8 Å². The van der Waals surface area contributed by atoms with Gasteiger partial charge in [-0.15, -0.1) is 0 Å². The molecule has 244 valence electrons. The molecule has 9 nitrogen and oxygen atoms in total. The van der Waals surface area contributed by atoms with Crippen LogP contribution in [0.15, 0.2) is 119 Å². The van der Waals surface area contributed by atoms with Gasteiger partial charge in [-0.25, -0.2) is 21.6 Å². The van der Waals surface area contributed by atoms with E-state index in [1.165, 1.54) is 0 Å². The molecule has 0 bridgehead atoms. The minimum atomic E-state index is -4.75. The number of carbonyl (C=O) groups is 1. The second-order valence-electron chi connectivity index (χ2n) is 11.3. The van der Waals surface area contributed by atoms with Crippen molar-refractivity contribution in [3.8, 4) is 0 Å². The Bertz CT molecular complexity index is 2020. The second kappa shape index (κ2) is 12.6. The maximum atomic E-state index is 13.6. The first kappa shape index (κ1) is 32.4. The van der Waals surface area contributed by atoms with Gasteiger partial charge in [-0.1, -0.05) is 91.0 Å². The first-order valence-corrected chi connectivity index (χ1v) is 17.6. The second-order valence-corrected chi connectivity index (χ2v) is 14.9. The van der Waals surface area contributed by atoms with Crippen LogP contribution in [0.3, 0.4) is 0 Å². The highest BCUT2D eigenvalue weighted by atomic mass is 32.2. The molecule has 1 amide bonds. The molecule has 0 aliphatic carbocycles. The molecule has 2 unspecified atom stereocenters. The van der Waals surface area contributed by atoms with Gasteiger partial charge in [0.2, 0.25) is 26.0 Å². The predicted octanol–water partition coefficient (Wildman–Crippen LogP) is 4.97. The summed E-state index contributed by atoms with van der Waals surface area (Å²) in [6.07, 6.45) is -4.95. The number of nitrogens with zero attached hydrogens (tertiary/aromatic N) is 1. The van der Waals surface area contributed by atoms with Gasteiger partial charge < -0.3 is 5.32 Å². The molecular weight excluding hydrogens is 654 g/mol. The summed E-state index contributed by atoms with van der Waals surface area (Å²) in [5.41, 5.74) is 1.63. The average molecular weight is 683 g/mol. The zero-order valence-corrected chi connectivity index (χ0v) is 26.2. The molecule has 6 rings (SSSR count). The van der Waals surface area contributed by atoms with Crippen LogP contribution in [0, 0.1) is 0 Å². The number of carbonyl (C=O) groups excluding carboxylic acids is 1. The highest BCUT2D eigenvalue weighted by molar-refractivity contribution is 7.90. The van der Waals surface area contributed by atoms with Crippen molar-refractivity contribution in [2.75, 3.05) is 0 Å². The van der Waals surface area contributed by atoms with Crippen LogP contribution >= 0.6 is 0 Å². The first-order valence-electron chi connectivity index (χ1n) is 14.6. The number of amides is 1. The summed E-state index contributed by atoms with van der Waals surface area (Å²) >= 11 is 0. The fraction of sp³-hybridized carbons (Fsp3) is 0.212. The predicted molar refractivity (Wildman–Crippen MR) is 169 cm³/mol. The van der Waals surface area contributed by atoms with E-state index in [1.54, 1.807) is 24.3 Å². The summed E-state index contributed by atoms with van der Waals surface area (Å²) in [5.74, 6) is -0.324. The molecular formula is C33H29F3N4O5S2. The molecule has 3 N–H and O–H groups in total. The van der Waals surface area contributed by atoms with Gasteiger partial charge in [0.1, 0.15) is 17.1 Å². The minimum absolute atomic E-state index is 0.0158. The Hall–Kier alpha value is -4.53. The van der Waals surface area contributed by atoms with Crippen LogP contribution in [0.2, 0.25) is 0 Å². The molecule has 4 atom stereocenters. The number of sulfonamides is 2. The Morgan fingerprint density at radius 1 is 0.851 bits per heavy atom. The molecule has 1 fully saturated rings. The smallest absolute Gasteiger partial charge is 0.363 e. The third-order valence-corrected chi connectivity index (χ3v) is 11.3. The number of halogens is 3. The quantitative estimate of drug-likeness (QED) is 0.228. The summed E-state index contributed by atoms with van der Waals surface area (Å²) in [6, 6.07) is 26.8. The lowest BCUT2D eigenvalue weighted by molar-refractivity contribution is -0.137. The molecule has 0 radical (unpaired) electrons. The van der Waals surface area contributed by atoms with Crippen molar-refractivity contribution in [3.05, 3.63) is 137 Å². The molecule has 4 aromatic carbocycles. The van der Waals surface area contributed by atoms with Crippen LogP contribution in [0.25, 0.3) is 0 Å². The van der Waals surface area contributed by atoms with Gasteiger partial charge in [-0.05, 0) is 46.9 Å². The number of aliphatic imine (C=N–C) groups is 1. The van der Waals surface area contributed by atoms with Crippen molar-refractivity contribution in [1.29, 1.82) is 0 Å². The van der Waals surface area contributed by atoms with E-state index in [9.17, 15) is 34.8 Å². The number of rotatable bonds is 9. The van der Waals surface area contributed by atoms with E-state index >= 15 is 0 Å². The maximum Gasteiger partial charge on any atom is 0.416 e. The van der Waals surface area contributed by atoms with Crippen LogP contribution < -0.4 is 14.8 Å². The molecule has 47 heavy (non-hydrogen) atoms. The molecule has 0 spiro atoms. The highest BCUT2D eigenvalue weighted by Crippen LogP contribution is 2.37. The molecule has 0 aromatic heterocycles. The molecule has 2 aliphatic rings. The highest BCUT2D eigenvalue weighted by Gasteiger charge is 2.39. The number of hydrogen-bond donors (Lipinski definition) is 3. The van der Waals surface area contributed by atoms with Crippen LogP contribution in [-0.2, 0) is 37.4 Å². The molecule has 2 aliphatic heterocycles. The Labute approximate surface area is 270 Å². The van der Waals surface area contributed by atoms with Crippen LogP contribution in [0.4, 0.5) is 13.2 Å². The van der Waals surface area contributed by atoms with Crippen molar-refractivity contribution in [2.24, 2.45) is 4.99 Å². The normalized spacial score (nSPS) is 21.5.